The summed E-state index contributed by atoms with van der Waals surface area (Å²) >= 11 is 0. The number of nitrogens with one attached hydrogen (secondary N) is 1. The molecule has 16 heavy (non-hydrogen) atoms. The van der Waals surface area contributed by atoms with Crippen LogP contribution in [0.15, 0.2) is 0 Å². The molecule has 0 bridgehead atoms. The minimum absolute atomic E-state index is 0.207. The van der Waals surface area contributed by atoms with E-state index in [0.29, 0.717) is 36.5 Å². The molecule has 2 rings (SSSR count). The normalized spacial score (nSPS) is 39.4. The number of carbonyl (C=O) groups excluding carboxylic acids is 1. The fourth-order valence-electron chi connectivity index (χ4n) is 3.01. The number of hydrogen-bond donors (Lipinski definition) is 1. The molecule has 3 nitrogen and oxygen atoms in total. The maximum Gasteiger partial charge on any atom is 0.220 e. The van der Waals surface area contributed by atoms with Crippen LogP contribution in [0.1, 0.15) is 46.5 Å². The quantitative estimate of drug-likeness (QED) is 0.799. The molecule has 2 fully saturated rings. The zero-order chi connectivity index (χ0) is 11.7. The second kappa shape index (κ2) is 4.74. The van der Waals surface area contributed by atoms with E-state index in [-0.39, 0.29) is 5.91 Å². The van der Waals surface area contributed by atoms with Gasteiger partial charge in [0, 0.05) is 18.4 Å². The number of amides is 1. The van der Waals surface area contributed by atoms with Gasteiger partial charge >= 0.3 is 0 Å². The summed E-state index contributed by atoms with van der Waals surface area (Å²) in [5.41, 5.74) is 0. The van der Waals surface area contributed by atoms with Crippen LogP contribution < -0.4 is 5.32 Å². The van der Waals surface area contributed by atoms with Crippen molar-refractivity contribution in [3.63, 3.8) is 0 Å². The lowest BCUT2D eigenvalue weighted by Gasteiger charge is -2.25. The van der Waals surface area contributed by atoms with Crippen LogP contribution in [0.2, 0.25) is 0 Å². The van der Waals surface area contributed by atoms with E-state index < -0.39 is 0 Å². The average molecular weight is 225 g/mol. The molecule has 0 aromatic heterocycles. The van der Waals surface area contributed by atoms with Crippen molar-refractivity contribution in [1.82, 2.24) is 5.32 Å². The maximum absolute atomic E-state index is 11.5. The van der Waals surface area contributed by atoms with E-state index in [9.17, 15) is 4.79 Å². The molecule has 2 aliphatic heterocycles. The van der Waals surface area contributed by atoms with E-state index in [1.54, 1.807) is 0 Å². The molecular formula is C13H23NO2. The first kappa shape index (κ1) is 11.9. The standard InChI is InChI=1S/C13H23NO2/c1-8(2)6-11-10(7-13(15)14-11)12-5-4-9(3)16-12/h8-12H,4-7H2,1-3H3,(H,14,15). The van der Waals surface area contributed by atoms with Gasteiger partial charge < -0.3 is 10.1 Å². The third-order valence-corrected chi connectivity index (χ3v) is 3.75. The van der Waals surface area contributed by atoms with E-state index in [4.69, 9.17) is 4.74 Å². The second-order valence-electron chi connectivity index (χ2n) is 5.73. The first-order valence-electron chi connectivity index (χ1n) is 6.51. The molecule has 2 heterocycles. The topological polar surface area (TPSA) is 38.3 Å². The zero-order valence-electron chi connectivity index (χ0n) is 10.5. The summed E-state index contributed by atoms with van der Waals surface area (Å²) in [6.45, 7) is 6.54. The Labute approximate surface area is 97.9 Å². The molecule has 0 aromatic carbocycles. The largest absolute Gasteiger partial charge is 0.375 e. The van der Waals surface area contributed by atoms with Gasteiger partial charge in [0.05, 0.1) is 12.2 Å². The van der Waals surface area contributed by atoms with Gasteiger partial charge in [-0.25, -0.2) is 0 Å². The lowest BCUT2D eigenvalue weighted by molar-refractivity contribution is -0.119. The molecular weight excluding hydrogens is 202 g/mol. The first-order chi connectivity index (χ1) is 7.56. The van der Waals surface area contributed by atoms with Gasteiger partial charge in [-0.1, -0.05) is 13.8 Å². The summed E-state index contributed by atoms with van der Waals surface area (Å²) < 4.78 is 5.91. The van der Waals surface area contributed by atoms with Crippen LogP contribution in [-0.4, -0.2) is 24.2 Å². The van der Waals surface area contributed by atoms with Crippen LogP contribution in [0.3, 0.4) is 0 Å². The fourth-order valence-corrected chi connectivity index (χ4v) is 3.01. The highest BCUT2D eigenvalue weighted by Crippen LogP contribution is 2.33. The Morgan fingerprint density at radius 3 is 2.75 bits per heavy atom. The average Bonchev–Trinajstić information content (AvgIpc) is 2.72. The van der Waals surface area contributed by atoms with Crippen LogP contribution in [0, 0.1) is 11.8 Å². The predicted octanol–water partition coefficient (Wildman–Crippen LogP) is 2.10. The van der Waals surface area contributed by atoms with E-state index in [0.717, 1.165) is 19.3 Å². The van der Waals surface area contributed by atoms with Crippen LogP contribution in [0.5, 0.6) is 0 Å². The van der Waals surface area contributed by atoms with Gasteiger partial charge in [0.1, 0.15) is 0 Å². The van der Waals surface area contributed by atoms with Crippen molar-refractivity contribution in [1.29, 1.82) is 0 Å². The first-order valence-corrected chi connectivity index (χ1v) is 6.51. The minimum Gasteiger partial charge on any atom is -0.375 e. The molecule has 92 valence electrons. The lowest BCUT2D eigenvalue weighted by atomic mass is 9.87. The van der Waals surface area contributed by atoms with E-state index in [1.807, 2.05) is 0 Å². The number of rotatable bonds is 3. The Kier molecular flexibility index (Phi) is 3.53. The van der Waals surface area contributed by atoms with Crippen LogP contribution >= 0.6 is 0 Å². The van der Waals surface area contributed by atoms with Crippen molar-refractivity contribution in [3.05, 3.63) is 0 Å². The van der Waals surface area contributed by atoms with E-state index in [2.05, 4.69) is 26.1 Å². The summed E-state index contributed by atoms with van der Waals surface area (Å²) in [6.07, 6.45) is 4.68. The van der Waals surface area contributed by atoms with Gasteiger partial charge in [-0.2, -0.15) is 0 Å². The monoisotopic (exact) mass is 225 g/mol. The molecule has 0 saturated carbocycles. The van der Waals surface area contributed by atoms with Gasteiger partial charge in [0.25, 0.3) is 0 Å². The number of carbonyl (C=O) groups is 1. The molecule has 0 aromatic rings. The Morgan fingerprint density at radius 1 is 1.44 bits per heavy atom. The molecule has 2 aliphatic rings. The number of hydrogen-bond acceptors (Lipinski definition) is 2. The highest BCUT2D eigenvalue weighted by Gasteiger charge is 2.40. The van der Waals surface area contributed by atoms with Crippen LogP contribution in [-0.2, 0) is 9.53 Å². The maximum atomic E-state index is 11.5. The van der Waals surface area contributed by atoms with Gasteiger partial charge in [-0.15, -0.1) is 0 Å². The van der Waals surface area contributed by atoms with Crippen LogP contribution in [0.25, 0.3) is 0 Å². The van der Waals surface area contributed by atoms with Gasteiger partial charge in [0.2, 0.25) is 5.91 Å². The molecule has 0 aliphatic carbocycles. The third kappa shape index (κ3) is 2.57. The fraction of sp³-hybridized carbons (Fsp3) is 0.923. The Bertz CT molecular complexity index is 265. The predicted molar refractivity (Wildman–Crippen MR) is 63.1 cm³/mol. The molecule has 2 saturated heterocycles. The van der Waals surface area contributed by atoms with E-state index >= 15 is 0 Å². The summed E-state index contributed by atoms with van der Waals surface area (Å²) in [5.74, 6) is 1.24. The lowest BCUT2D eigenvalue weighted by Crippen LogP contribution is -2.35. The zero-order valence-corrected chi connectivity index (χ0v) is 10.5. The third-order valence-electron chi connectivity index (χ3n) is 3.75. The van der Waals surface area contributed by atoms with Crippen molar-refractivity contribution in [2.75, 3.05) is 0 Å². The highest BCUT2D eigenvalue weighted by molar-refractivity contribution is 5.79. The summed E-state index contributed by atoms with van der Waals surface area (Å²) in [5, 5.41) is 3.11. The van der Waals surface area contributed by atoms with Crippen LogP contribution in [0.4, 0.5) is 0 Å². The highest BCUT2D eigenvalue weighted by atomic mass is 16.5. The molecule has 1 N–H and O–H groups in total. The Morgan fingerprint density at radius 2 is 2.19 bits per heavy atom. The summed E-state index contributed by atoms with van der Waals surface area (Å²) in [4.78, 5) is 11.5. The molecule has 4 atom stereocenters. The van der Waals surface area contributed by atoms with E-state index in [1.165, 1.54) is 0 Å². The minimum atomic E-state index is 0.207. The van der Waals surface area contributed by atoms with Crippen molar-refractivity contribution in [2.24, 2.45) is 11.8 Å². The van der Waals surface area contributed by atoms with Gasteiger partial charge in [-0.3, -0.25) is 4.79 Å². The van der Waals surface area contributed by atoms with Crippen molar-refractivity contribution >= 4 is 5.91 Å². The molecule has 1 amide bonds. The Hall–Kier alpha value is -0.570. The smallest absolute Gasteiger partial charge is 0.220 e. The Balaban J connectivity index is 1.98. The molecule has 3 heteroatoms. The SMILES string of the molecule is CC(C)CC1NC(=O)CC1C1CCC(C)O1. The summed E-state index contributed by atoms with van der Waals surface area (Å²) in [6, 6.07) is 0.336. The summed E-state index contributed by atoms with van der Waals surface area (Å²) in [7, 11) is 0. The van der Waals surface area contributed by atoms with Crippen molar-refractivity contribution < 1.29 is 9.53 Å². The number of ether oxygens (including phenoxy) is 1. The van der Waals surface area contributed by atoms with Gasteiger partial charge in [-0.05, 0) is 32.1 Å². The molecule has 0 radical (unpaired) electrons. The molecule has 4 unspecified atom stereocenters. The second-order valence-corrected chi connectivity index (χ2v) is 5.73. The van der Waals surface area contributed by atoms with Crippen molar-refractivity contribution in [3.8, 4) is 0 Å². The molecule has 0 spiro atoms. The van der Waals surface area contributed by atoms with Crippen molar-refractivity contribution in [2.45, 2.75) is 64.7 Å². The van der Waals surface area contributed by atoms with Gasteiger partial charge in [0.15, 0.2) is 0 Å².